The van der Waals surface area contributed by atoms with Crippen LogP contribution in [-0.4, -0.2) is 18.7 Å². The van der Waals surface area contributed by atoms with E-state index in [4.69, 9.17) is 9.47 Å². The van der Waals surface area contributed by atoms with Crippen molar-refractivity contribution in [3.05, 3.63) is 29.3 Å². The third-order valence-electron chi connectivity index (χ3n) is 2.59. The van der Waals surface area contributed by atoms with Gasteiger partial charge in [-0.25, -0.2) is 4.79 Å². The van der Waals surface area contributed by atoms with Crippen molar-refractivity contribution in [2.75, 3.05) is 6.61 Å². The molecule has 0 radical (unpaired) electrons. The molecule has 3 nitrogen and oxygen atoms in total. The Labute approximate surface area is 109 Å². The number of hydrogen-bond acceptors (Lipinski definition) is 3. The van der Waals surface area contributed by atoms with Gasteiger partial charge >= 0.3 is 5.97 Å². The molecular formula is C15H22O3. The zero-order valence-electron chi connectivity index (χ0n) is 11.8. The molecule has 0 heterocycles. The average molecular weight is 250 g/mol. The molecule has 1 rings (SSSR count). The first-order chi connectivity index (χ1) is 8.40. The number of esters is 1. The van der Waals surface area contributed by atoms with Crippen LogP contribution in [0.25, 0.3) is 0 Å². The molecule has 0 aliphatic carbocycles. The lowest BCUT2D eigenvalue weighted by Gasteiger charge is -2.13. The summed E-state index contributed by atoms with van der Waals surface area (Å²) < 4.78 is 10.4. The van der Waals surface area contributed by atoms with E-state index in [9.17, 15) is 4.79 Å². The van der Waals surface area contributed by atoms with E-state index in [1.54, 1.807) is 0 Å². The van der Waals surface area contributed by atoms with Crippen LogP contribution in [0, 0.1) is 6.92 Å². The van der Waals surface area contributed by atoms with E-state index >= 15 is 0 Å². The SMILES string of the molecule is Cc1cc(OCC(=O)OC(C)C)ccc1C(C)C. The molecule has 0 saturated carbocycles. The van der Waals surface area contributed by atoms with Crippen LogP contribution in [-0.2, 0) is 9.53 Å². The smallest absolute Gasteiger partial charge is 0.344 e. The zero-order valence-corrected chi connectivity index (χ0v) is 11.8. The number of carbonyl (C=O) groups excluding carboxylic acids is 1. The van der Waals surface area contributed by atoms with Gasteiger partial charge in [0.05, 0.1) is 6.10 Å². The van der Waals surface area contributed by atoms with E-state index in [0.717, 1.165) is 0 Å². The molecule has 0 aliphatic heterocycles. The number of rotatable bonds is 5. The lowest BCUT2D eigenvalue weighted by atomic mass is 9.98. The first kappa shape index (κ1) is 14.6. The summed E-state index contributed by atoms with van der Waals surface area (Å²) in [7, 11) is 0. The first-order valence-corrected chi connectivity index (χ1v) is 6.33. The fraction of sp³-hybridized carbons (Fsp3) is 0.533. The van der Waals surface area contributed by atoms with Crippen LogP contribution in [0.1, 0.15) is 44.7 Å². The third kappa shape index (κ3) is 4.40. The maximum absolute atomic E-state index is 11.3. The second kappa shape index (κ2) is 6.43. The first-order valence-electron chi connectivity index (χ1n) is 6.33. The van der Waals surface area contributed by atoms with Gasteiger partial charge in [-0.15, -0.1) is 0 Å². The summed E-state index contributed by atoms with van der Waals surface area (Å²) in [4.78, 5) is 11.3. The molecule has 1 aromatic carbocycles. The highest BCUT2D eigenvalue weighted by molar-refractivity contribution is 5.71. The summed E-state index contributed by atoms with van der Waals surface area (Å²) in [5.74, 6) is 0.859. The topological polar surface area (TPSA) is 35.5 Å². The van der Waals surface area contributed by atoms with E-state index in [-0.39, 0.29) is 18.7 Å². The molecule has 3 heteroatoms. The molecule has 100 valence electrons. The van der Waals surface area contributed by atoms with Crippen molar-refractivity contribution in [1.82, 2.24) is 0 Å². The Hall–Kier alpha value is -1.51. The standard InChI is InChI=1S/C15H22O3/c1-10(2)14-7-6-13(8-12(14)5)17-9-15(16)18-11(3)4/h6-8,10-11H,9H2,1-5H3. The van der Waals surface area contributed by atoms with Crippen molar-refractivity contribution in [2.24, 2.45) is 0 Å². The molecule has 0 saturated heterocycles. The lowest BCUT2D eigenvalue weighted by Crippen LogP contribution is -2.18. The van der Waals surface area contributed by atoms with Crippen LogP contribution in [0.3, 0.4) is 0 Å². The van der Waals surface area contributed by atoms with Gasteiger partial charge in [-0.05, 0) is 49.9 Å². The minimum absolute atomic E-state index is 0.0430. The largest absolute Gasteiger partial charge is 0.482 e. The van der Waals surface area contributed by atoms with Crippen LogP contribution in [0.15, 0.2) is 18.2 Å². The number of carbonyl (C=O) groups is 1. The minimum atomic E-state index is -0.337. The van der Waals surface area contributed by atoms with E-state index in [1.165, 1.54) is 11.1 Å². The number of hydrogen-bond donors (Lipinski definition) is 0. The lowest BCUT2D eigenvalue weighted by molar-refractivity contribution is -0.149. The van der Waals surface area contributed by atoms with Crippen LogP contribution < -0.4 is 4.74 Å². The van der Waals surface area contributed by atoms with Crippen molar-refractivity contribution in [1.29, 1.82) is 0 Å². The average Bonchev–Trinajstić information content (AvgIpc) is 2.25. The maximum atomic E-state index is 11.3. The van der Waals surface area contributed by atoms with Crippen molar-refractivity contribution in [3.8, 4) is 5.75 Å². The predicted molar refractivity (Wildman–Crippen MR) is 72.0 cm³/mol. The number of benzene rings is 1. The van der Waals surface area contributed by atoms with Crippen LogP contribution in [0.4, 0.5) is 0 Å². The van der Waals surface area contributed by atoms with Crippen molar-refractivity contribution in [2.45, 2.75) is 46.6 Å². The minimum Gasteiger partial charge on any atom is -0.482 e. The monoisotopic (exact) mass is 250 g/mol. The molecule has 0 aliphatic rings. The summed E-state index contributed by atoms with van der Waals surface area (Å²) >= 11 is 0. The van der Waals surface area contributed by atoms with Crippen molar-refractivity contribution >= 4 is 5.97 Å². The second-order valence-electron chi connectivity index (χ2n) is 5.00. The Bertz CT molecular complexity index is 408. The molecule has 0 amide bonds. The van der Waals surface area contributed by atoms with Crippen molar-refractivity contribution < 1.29 is 14.3 Å². The zero-order chi connectivity index (χ0) is 13.7. The van der Waals surface area contributed by atoms with Crippen LogP contribution >= 0.6 is 0 Å². The van der Waals surface area contributed by atoms with Gasteiger partial charge in [0.15, 0.2) is 6.61 Å². The summed E-state index contributed by atoms with van der Waals surface area (Å²) in [5, 5.41) is 0. The maximum Gasteiger partial charge on any atom is 0.344 e. The van der Waals surface area contributed by atoms with Crippen molar-refractivity contribution in [3.63, 3.8) is 0 Å². The summed E-state index contributed by atoms with van der Waals surface area (Å²) in [5.41, 5.74) is 2.48. The Morgan fingerprint density at radius 2 is 1.89 bits per heavy atom. The summed E-state index contributed by atoms with van der Waals surface area (Å²) in [6.45, 7) is 9.96. The number of aryl methyl sites for hydroxylation is 1. The van der Waals surface area contributed by atoms with E-state index in [1.807, 2.05) is 32.0 Å². The molecular weight excluding hydrogens is 228 g/mol. The Kier molecular flexibility index (Phi) is 5.20. The normalized spacial score (nSPS) is 10.8. The molecule has 1 aromatic rings. The Morgan fingerprint density at radius 3 is 2.39 bits per heavy atom. The predicted octanol–water partition coefficient (Wildman–Crippen LogP) is 3.45. The van der Waals surface area contributed by atoms with E-state index in [2.05, 4.69) is 20.8 Å². The quantitative estimate of drug-likeness (QED) is 0.751. The number of ether oxygens (including phenoxy) is 2. The summed E-state index contributed by atoms with van der Waals surface area (Å²) in [6, 6.07) is 5.89. The molecule has 0 atom stereocenters. The molecule has 0 spiro atoms. The second-order valence-corrected chi connectivity index (χ2v) is 5.00. The van der Waals surface area contributed by atoms with Crippen LogP contribution in [0.2, 0.25) is 0 Å². The molecule has 0 N–H and O–H groups in total. The van der Waals surface area contributed by atoms with Gasteiger partial charge in [0.25, 0.3) is 0 Å². The fourth-order valence-electron chi connectivity index (χ4n) is 1.82. The molecule has 18 heavy (non-hydrogen) atoms. The third-order valence-corrected chi connectivity index (χ3v) is 2.59. The molecule has 0 unspecified atom stereocenters. The Morgan fingerprint density at radius 1 is 1.22 bits per heavy atom. The molecule has 0 aromatic heterocycles. The highest BCUT2D eigenvalue weighted by Gasteiger charge is 2.08. The van der Waals surface area contributed by atoms with Gasteiger partial charge in [-0.3, -0.25) is 0 Å². The van der Waals surface area contributed by atoms with Gasteiger partial charge in [0.1, 0.15) is 5.75 Å². The highest BCUT2D eigenvalue weighted by Crippen LogP contribution is 2.23. The van der Waals surface area contributed by atoms with Gasteiger partial charge in [-0.1, -0.05) is 19.9 Å². The van der Waals surface area contributed by atoms with E-state index < -0.39 is 0 Å². The fourth-order valence-corrected chi connectivity index (χ4v) is 1.82. The van der Waals surface area contributed by atoms with Gasteiger partial charge in [-0.2, -0.15) is 0 Å². The van der Waals surface area contributed by atoms with Gasteiger partial charge < -0.3 is 9.47 Å². The van der Waals surface area contributed by atoms with Crippen LogP contribution in [0.5, 0.6) is 5.75 Å². The molecule has 0 fully saturated rings. The molecule has 0 bridgehead atoms. The van der Waals surface area contributed by atoms with Gasteiger partial charge in [0, 0.05) is 0 Å². The Balaban J connectivity index is 2.59. The van der Waals surface area contributed by atoms with Gasteiger partial charge in [0.2, 0.25) is 0 Å². The highest BCUT2D eigenvalue weighted by atomic mass is 16.6. The summed E-state index contributed by atoms with van der Waals surface area (Å²) in [6.07, 6.45) is -0.105. The van der Waals surface area contributed by atoms with E-state index in [0.29, 0.717) is 11.7 Å².